The van der Waals surface area contributed by atoms with E-state index in [-0.39, 0.29) is 48.7 Å². The van der Waals surface area contributed by atoms with E-state index in [9.17, 15) is 28.2 Å². The number of aliphatic hydroxyl groups is 2. The average Bonchev–Trinajstić information content (AvgIpc) is 3.12. The highest BCUT2D eigenvalue weighted by atomic mass is 79.9. The maximum Gasteiger partial charge on any atom is 0.295 e. The molecule has 2 aliphatic heterocycles. The van der Waals surface area contributed by atoms with Gasteiger partial charge in [-0.3, -0.25) is 9.59 Å². The van der Waals surface area contributed by atoms with Crippen LogP contribution < -0.4 is 0 Å². The van der Waals surface area contributed by atoms with Crippen molar-refractivity contribution in [2.24, 2.45) is 0 Å². The summed E-state index contributed by atoms with van der Waals surface area (Å²) in [4.78, 5) is 27.2. The van der Waals surface area contributed by atoms with Crippen LogP contribution in [0, 0.1) is 0 Å². The van der Waals surface area contributed by atoms with Crippen molar-refractivity contribution < 1.29 is 33.0 Å². The summed E-state index contributed by atoms with van der Waals surface area (Å²) in [6.45, 7) is 1.13. The number of benzene rings is 2. The van der Waals surface area contributed by atoms with Crippen LogP contribution in [0.5, 0.6) is 0 Å². The molecule has 1 atom stereocenters. The summed E-state index contributed by atoms with van der Waals surface area (Å²) in [7, 11) is -3.72. The van der Waals surface area contributed by atoms with Crippen molar-refractivity contribution in [3.05, 3.63) is 69.7 Å². The summed E-state index contributed by atoms with van der Waals surface area (Å²) in [5.41, 5.74) is 0.741. The molecule has 1 amide bonds. The van der Waals surface area contributed by atoms with Gasteiger partial charge in [0.2, 0.25) is 10.0 Å². The highest BCUT2D eigenvalue weighted by Gasteiger charge is 2.45. The Hall–Kier alpha value is -2.57. The summed E-state index contributed by atoms with van der Waals surface area (Å²) < 4.78 is 33.1. The Balaban J connectivity index is 1.74. The van der Waals surface area contributed by atoms with Crippen LogP contribution in [0.2, 0.25) is 0 Å². The third-order valence-electron chi connectivity index (χ3n) is 6.00. The van der Waals surface area contributed by atoms with Crippen LogP contribution in [-0.4, -0.2) is 79.0 Å². The van der Waals surface area contributed by atoms with Gasteiger partial charge in [-0.15, -0.1) is 0 Å². The third-order valence-corrected chi connectivity index (χ3v) is 8.40. The lowest BCUT2D eigenvalue weighted by molar-refractivity contribution is -0.140. The number of aliphatic hydroxyl groups excluding tert-OH is 2. The number of likely N-dealkylation sites (tertiary alicyclic amines) is 1. The molecule has 0 unspecified atom stereocenters. The topological polar surface area (TPSA) is 124 Å². The molecule has 4 rings (SSSR count). The average molecular weight is 565 g/mol. The van der Waals surface area contributed by atoms with Crippen molar-refractivity contribution in [1.82, 2.24) is 9.21 Å². The van der Waals surface area contributed by atoms with E-state index in [2.05, 4.69) is 15.9 Å². The summed E-state index contributed by atoms with van der Waals surface area (Å²) in [5, 5.41) is 20.4. The minimum absolute atomic E-state index is 0.0582. The van der Waals surface area contributed by atoms with Crippen molar-refractivity contribution in [3.63, 3.8) is 0 Å². The lowest BCUT2D eigenvalue weighted by Gasteiger charge is -2.26. The van der Waals surface area contributed by atoms with Crippen LogP contribution >= 0.6 is 15.9 Å². The van der Waals surface area contributed by atoms with E-state index in [0.29, 0.717) is 18.8 Å². The van der Waals surface area contributed by atoms with E-state index in [1.807, 2.05) is 0 Å². The number of nitrogens with zero attached hydrogens (tertiary/aromatic N) is 2. The van der Waals surface area contributed by atoms with Crippen LogP contribution in [0.25, 0.3) is 5.76 Å². The van der Waals surface area contributed by atoms with E-state index in [0.717, 1.165) is 4.47 Å². The molecular formula is C24H25BrN2O7S. The van der Waals surface area contributed by atoms with E-state index >= 15 is 0 Å². The van der Waals surface area contributed by atoms with Gasteiger partial charge in [0, 0.05) is 36.3 Å². The van der Waals surface area contributed by atoms with Crippen LogP contribution in [0.15, 0.2) is 63.5 Å². The number of carbonyl (C=O) groups excluding carboxylic acids is 2. The number of hydrogen-bond donors (Lipinski definition) is 2. The second kappa shape index (κ2) is 10.6. The van der Waals surface area contributed by atoms with Gasteiger partial charge in [-0.1, -0.05) is 28.1 Å². The Morgan fingerprint density at radius 2 is 1.77 bits per heavy atom. The summed E-state index contributed by atoms with van der Waals surface area (Å²) in [6, 6.07) is 11.8. The van der Waals surface area contributed by atoms with Crippen molar-refractivity contribution in [2.45, 2.75) is 17.4 Å². The maximum atomic E-state index is 13.0. The third kappa shape index (κ3) is 5.05. The van der Waals surface area contributed by atoms with Crippen LogP contribution in [-0.2, 0) is 24.3 Å². The van der Waals surface area contributed by atoms with Gasteiger partial charge in [0.05, 0.1) is 29.7 Å². The number of carbonyl (C=O) groups is 2. The summed E-state index contributed by atoms with van der Waals surface area (Å²) in [6.07, 6.45) is 0.270. The molecule has 2 fully saturated rings. The van der Waals surface area contributed by atoms with E-state index in [1.54, 1.807) is 24.3 Å². The first-order chi connectivity index (χ1) is 16.8. The molecule has 0 aliphatic carbocycles. The molecule has 186 valence electrons. The molecular weight excluding hydrogens is 540 g/mol. The Labute approximate surface area is 211 Å². The molecule has 0 saturated carbocycles. The Bertz CT molecular complexity index is 1250. The van der Waals surface area contributed by atoms with Crippen LogP contribution in [0.1, 0.15) is 23.6 Å². The first-order valence-corrected chi connectivity index (χ1v) is 13.3. The first kappa shape index (κ1) is 25.5. The maximum absolute atomic E-state index is 13.0. The molecule has 9 nitrogen and oxygen atoms in total. The second-order valence-electron chi connectivity index (χ2n) is 8.17. The highest BCUT2D eigenvalue weighted by Crippen LogP contribution is 2.40. The molecule has 2 aromatic carbocycles. The Morgan fingerprint density at radius 1 is 1.09 bits per heavy atom. The first-order valence-electron chi connectivity index (χ1n) is 11.1. The zero-order chi connectivity index (χ0) is 25.2. The van der Waals surface area contributed by atoms with Gasteiger partial charge in [-0.25, -0.2) is 8.42 Å². The molecule has 35 heavy (non-hydrogen) atoms. The fourth-order valence-electron chi connectivity index (χ4n) is 4.25. The zero-order valence-corrected chi connectivity index (χ0v) is 21.2. The molecule has 2 aliphatic rings. The summed E-state index contributed by atoms with van der Waals surface area (Å²) >= 11 is 3.40. The van der Waals surface area contributed by atoms with Crippen molar-refractivity contribution >= 4 is 43.4 Å². The number of ether oxygens (including phenoxy) is 1. The predicted molar refractivity (Wildman–Crippen MR) is 131 cm³/mol. The summed E-state index contributed by atoms with van der Waals surface area (Å²) in [5.74, 6) is -2.00. The number of amides is 1. The molecule has 0 bridgehead atoms. The van der Waals surface area contributed by atoms with Gasteiger partial charge in [0.15, 0.2) is 0 Å². The van der Waals surface area contributed by atoms with Gasteiger partial charge >= 0.3 is 0 Å². The van der Waals surface area contributed by atoms with Crippen molar-refractivity contribution in [2.75, 3.05) is 39.5 Å². The Kier molecular flexibility index (Phi) is 7.72. The van der Waals surface area contributed by atoms with Gasteiger partial charge in [0.1, 0.15) is 5.76 Å². The second-order valence-corrected chi connectivity index (χ2v) is 11.0. The van der Waals surface area contributed by atoms with E-state index in [1.165, 1.54) is 33.5 Å². The normalized spacial score (nSPS) is 21.0. The molecule has 2 saturated heterocycles. The number of ketones is 1. The molecule has 0 radical (unpaired) electrons. The molecule has 0 aromatic heterocycles. The molecule has 2 aromatic rings. The highest BCUT2D eigenvalue weighted by molar-refractivity contribution is 9.10. The minimum atomic E-state index is -3.72. The van der Waals surface area contributed by atoms with Crippen LogP contribution in [0.3, 0.4) is 0 Å². The number of Topliss-reactive ketones (excluding diaryl/α,β-unsaturated/α-hetero) is 1. The number of sulfonamides is 1. The van der Waals surface area contributed by atoms with Gasteiger partial charge in [-0.05, 0) is 48.4 Å². The lowest BCUT2D eigenvalue weighted by Crippen LogP contribution is -2.40. The fourth-order valence-corrected chi connectivity index (χ4v) is 6.08. The minimum Gasteiger partial charge on any atom is -0.507 e. The largest absolute Gasteiger partial charge is 0.507 e. The molecule has 11 heteroatoms. The molecule has 2 heterocycles. The predicted octanol–water partition coefficient (Wildman–Crippen LogP) is 2.27. The van der Waals surface area contributed by atoms with E-state index in [4.69, 9.17) is 4.74 Å². The standard InChI is InChI=1S/C24H25BrN2O7S/c25-18-4-1-3-17(15-18)21-20(23(30)24(31)27(21)9-2-12-28)22(29)16-5-7-19(8-6-16)35(32,33)26-10-13-34-14-11-26/h1,3-8,15,21,28-29H,2,9-14H2/t21-/m0/s1. The van der Waals surface area contributed by atoms with E-state index < -0.39 is 33.5 Å². The van der Waals surface area contributed by atoms with Gasteiger partial charge in [0.25, 0.3) is 11.7 Å². The van der Waals surface area contributed by atoms with Gasteiger partial charge in [-0.2, -0.15) is 4.31 Å². The monoisotopic (exact) mass is 564 g/mol. The smallest absolute Gasteiger partial charge is 0.295 e. The fraction of sp³-hybridized carbons (Fsp3) is 0.333. The lowest BCUT2D eigenvalue weighted by atomic mass is 9.95. The number of rotatable bonds is 7. The van der Waals surface area contributed by atoms with Crippen LogP contribution in [0.4, 0.5) is 0 Å². The SMILES string of the molecule is O=C1C(=O)N(CCCO)[C@@H](c2cccc(Br)c2)C1=C(O)c1ccc(S(=O)(=O)N2CCOCC2)cc1. The quantitative estimate of drug-likeness (QED) is 0.300. The molecule has 0 spiro atoms. The number of hydrogen-bond acceptors (Lipinski definition) is 7. The van der Waals surface area contributed by atoms with Crippen molar-refractivity contribution in [1.29, 1.82) is 0 Å². The molecule has 2 N–H and O–H groups in total. The number of morpholine rings is 1. The van der Waals surface area contributed by atoms with Gasteiger partial charge < -0.3 is 19.8 Å². The zero-order valence-electron chi connectivity index (χ0n) is 18.8. The Morgan fingerprint density at radius 3 is 2.40 bits per heavy atom. The van der Waals surface area contributed by atoms with Crippen molar-refractivity contribution in [3.8, 4) is 0 Å². The number of halogens is 1.